The van der Waals surface area contributed by atoms with Gasteiger partial charge in [0.15, 0.2) is 11.5 Å². The lowest BCUT2D eigenvalue weighted by molar-refractivity contribution is 0.102. The van der Waals surface area contributed by atoms with Crippen LogP contribution >= 0.6 is 0 Å². The van der Waals surface area contributed by atoms with Gasteiger partial charge in [-0.15, -0.1) is 10.2 Å². The number of anilines is 2. The first-order chi connectivity index (χ1) is 11.6. The maximum Gasteiger partial charge on any atom is 0.276 e. The second kappa shape index (κ2) is 7.43. The highest BCUT2D eigenvalue weighted by atomic mass is 16.1. The van der Waals surface area contributed by atoms with Crippen molar-refractivity contribution in [3.05, 3.63) is 47.2 Å². The van der Waals surface area contributed by atoms with Gasteiger partial charge in [0, 0.05) is 18.8 Å². The summed E-state index contributed by atoms with van der Waals surface area (Å²) in [4.78, 5) is 14.6. The van der Waals surface area contributed by atoms with E-state index >= 15 is 0 Å². The van der Waals surface area contributed by atoms with Crippen LogP contribution in [0.3, 0.4) is 0 Å². The Morgan fingerprint density at radius 2 is 1.75 bits per heavy atom. The Balaban J connectivity index is 1.69. The third kappa shape index (κ3) is 3.91. The number of nitrogens with one attached hydrogen (secondary N) is 1. The highest BCUT2D eigenvalue weighted by molar-refractivity contribution is 6.03. The molecule has 0 radical (unpaired) electrons. The molecular weight excluding hydrogens is 300 g/mol. The molecule has 0 atom stereocenters. The van der Waals surface area contributed by atoms with Crippen molar-refractivity contribution in [3.8, 4) is 0 Å². The van der Waals surface area contributed by atoms with E-state index in [9.17, 15) is 4.79 Å². The molecule has 1 N–H and O–H groups in total. The lowest BCUT2D eigenvalue weighted by Crippen LogP contribution is -2.25. The Kier molecular flexibility index (Phi) is 5.08. The van der Waals surface area contributed by atoms with Gasteiger partial charge in [-0.3, -0.25) is 4.79 Å². The van der Waals surface area contributed by atoms with Gasteiger partial charge >= 0.3 is 0 Å². The molecule has 5 nitrogen and oxygen atoms in total. The summed E-state index contributed by atoms with van der Waals surface area (Å²) in [5.74, 6) is 0.636. The molecule has 24 heavy (non-hydrogen) atoms. The van der Waals surface area contributed by atoms with Crippen LogP contribution in [-0.2, 0) is 0 Å². The van der Waals surface area contributed by atoms with E-state index < -0.39 is 0 Å². The molecule has 2 heterocycles. The Hall–Kier alpha value is -2.43. The fourth-order valence-electron chi connectivity index (χ4n) is 3.05. The fraction of sp³-hybridized carbons (Fsp3) is 0.421. The van der Waals surface area contributed by atoms with Gasteiger partial charge in [-0.05, 0) is 50.5 Å². The fourth-order valence-corrected chi connectivity index (χ4v) is 3.05. The van der Waals surface area contributed by atoms with E-state index in [1.165, 1.54) is 31.2 Å². The van der Waals surface area contributed by atoms with Gasteiger partial charge in [-0.2, -0.15) is 0 Å². The van der Waals surface area contributed by atoms with Crippen LogP contribution in [0, 0.1) is 13.8 Å². The Bertz CT molecular complexity index is 704. The van der Waals surface area contributed by atoms with Crippen molar-refractivity contribution in [2.75, 3.05) is 23.3 Å². The minimum absolute atomic E-state index is 0.225. The van der Waals surface area contributed by atoms with Crippen LogP contribution in [0.1, 0.15) is 47.3 Å². The van der Waals surface area contributed by atoms with Gasteiger partial charge in [0.2, 0.25) is 0 Å². The lowest BCUT2D eigenvalue weighted by atomic mass is 10.1. The predicted molar refractivity (Wildman–Crippen MR) is 96.6 cm³/mol. The van der Waals surface area contributed by atoms with Gasteiger partial charge < -0.3 is 10.2 Å². The second-order valence-electron chi connectivity index (χ2n) is 6.45. The number of carbonyl (C=O) groups is 1. The Morgan fingerprint density at radius 1 is 1.00 bits per heavy atom. The first kappa shape index (κ1) is 16.4. The number of aryl methyl sites for hydroxylation is 2. The summed E-state index contributed by atoms with van der Waals surface area (Å²) in [5, 5.41) is 11.3. The van der Waals surface area contributed by atoms with Gasteiger partial charge in [-0.1, -0.05) is 30.5 Å². The first-order valence-corrected chi connectivity index (χ1v) is 8.61. The van der Waals surface area contributed by atoms with Crippen LogP contribution in [-0.4, -0.2) is 29.2 Å². The number of aromatic nitrogens is 2. The van der Waals surface area contributed by atoms with Gasteiger partial charge in [-0.25, -0.2) is 0 Å². The highest BCUT2D eigenvalue weighted by Crippen LogP contribution is 2.18. The van der Waals surface area contributed by atoms with E-state index in [2.05, 4.69) is 20.4 Å². The molecule has 0 aliphatic carbocycles. The van der Waals surface area contributed by atoms with Gasteiger partial charge in [0.25, 0.3) is 5.91 Å². The van der Waals surface area contributed by atoms with E-state index in [1.54, 1.807) is 6.07 Å². The highest BCUT2D eigenvalue weighted by Gasteiger charge is 2.14. The Morgan fingerprint density at radius 3 is 2.38 bits per heavy atom. The summed E-state index contributed by atoms with van der Waals surface area (Å²) in [6.45, 7) is 6.05. The van der Waals surface area contributed by atoms with Crippen molar-refractivity contribution in [3.63, 3.8) is 0 Å². The standard InChI is InChI=1S/C19H24N4O/c1-14-7-8-16(15(2)13-14)20-19(24)17-9-10-18(22-21-17)23-11-5-3-4-6-12-23/h7-10,13H,3-6,11-12H2,1-2H3,(H,20,24). The smallest absolute Gasteiger partial charge is 0.276 e. The molecule has 3 rings (SSSR count). The van der Waals surface area contributed by atoms with Gasteiger partial charge in [0.05, 0.1) is 0 Å². The van der Waals surface area contributed by atoms with Crippen molar-refractivity contribution in [1.29, 1.82) is 0 Å². The molecule has 0 unspecified atom stereocenters. The summed E-state index contributed by atoms with van der Waals surface area (Å²) >= 11 is 0. The third-order valence-corrected chi connectivity index (χ3v) is 4.44. The van der Waals surface area contributed by atoms with Crippen molar-refractivity contribution in [1.82, 2.24) is 10.2 Å². The van der Waals surface area contributed by atoms with Crippen LogP contribution in [0.25, 0.3) is 0 Å². The van der Waals surface area contributed by atoms with Crippen LogP contribution in [0.4, 0.5) is 11.5 Å². The second-order valence-corrected chi connectivity index (χ2v) is 6.45. The molecule has 5 heteroatoms. The molecule has 1 fully saturated rings. The maximum atomic E-state index is 12.4. The van der Waals surface area contributed by atoms with E-state index in [-0.39, 0.29) is 5.91 Å². The molecule has 1 aliphatic rings. The average Bonchev–Trinajstić information content (AvgIpc) is 2.87. The zero-order valence-corrected chi connectivity index (χ0v) is 14.4. The summed E-state index contributed by atoms with van der Waals surface area (Å²) in [6.07, 6.45) is 4.94. The first-order valence-electron chi connectivity index (χ1n) is 8.61. The van der Waals surface area contributed by atoms with Crippen molar-refractivity contribution >= 4 is 17.4 Å². The van der Waals surface area contributed by atoms with Gasteiger partial charge in [0.1, 0.15) is 0 Å². The molecule has 1 aliphatic heterocycles. The SMILES string of the molecule is Cc1ccc(NC(=O)c2ccc(N3CCCCCC3)nn2)c(C)c1. The molecule has 1 saturated heterocycles. The molecule has 0 spiro atoms. The summed E-state index contributed by atoms with van der Waals surface area (Å²) in [7, 11) is 0. The van der Waals surface area contributed by atoms with Crippen molar-refractivity contribution < 1.29 is 4.79 Å². The van der Waals surface area contributed by atoms with E-state index in [0.717, 1.165) is 30.2 Å². The molecule has 2 aromatic rings. The minimum Gasteiger partial charge on any atom is -0.355 e. The monoisotopic (exact) mass is 324 g/mol. The van der Waals surface area contributed by atoms with E-state index in [0.29, 0.717) is 5.69 Å². The minimum atomic E-state index is -0.225. The number of benzene rings is 1. The normalized spacial score (nSPS) is 15.0. The number of carbonyl (C=O) groups excluding carboxylic acids is 1. The zero-order chi connectivity index (χ0) is 16.9. The van der Waals surface area contributed by atoms with E-state index in [4.69, 9.17) is 0 Å². The van der Waals surface area contributed by atoms with Crippen LogP contribution in [0.2, 0.25) is 0 Å². The molecule has 1 amide bonds. The third-order valence-electron chi connectivity index (χ3n) is 4.44. The summed E-state index contributed by atoms with van der Waals surface area (Å²) in [6, 6.07) is 9.60. The molecule has 0 bridgehead atoms. The number of amides is 1. The van der Waals surface area contributed by atoms with E-state index in [1.807, 2.05) is 38.1 Å². The topological polar surface area (TPSA) is 58.1 Å². The number of nitrogens with zero attached hydrogens (tertiary/aromatic N) is 3. The molecule has 1 aromatic carbocycles. The molecule has 1 aromatic heterocycles. The van der Waals surface area contributed by atoms with Crippen molar-refractivity contribution in [2.45, 2.75) is 39.5 Å². The molecule has 126 valence electrons. The number of hydrogen-bond acceptors (Lipinski definition) is 4. The molecular formula is C19H24N4O. The maximum absolute atomic E-state index is 12.4. The summed E-state index contributed by atoms with van der Waals surface area (Å²) < 4.78 is 0. The molecule has 0 saturated carbocycles. The van der Waals surface area contributed by atoms with Crippen LogP contribution < -0.4 is 10.2 Å². The number of hydrogen-bond donors (Lipinski definition) is 1. The quantitative estimate of drug-likeness (QED) is 0.934. The predicted octanol–water partition coefficient (Wildman–Crippen LogP) is 3.73. The van der Waals surface area contributed by atoms with Crippen LogP contribution in [0.15, 0.2) is 30.3 Å². The van der Waals surface area contributed by atoms with Crippen LogP contribution in [0.5, 0.6) is 0 Å². The number of rotatable bonds is 3. The summed E-state index contributed by atoms with van der Waals surface area (Å²) in [5.41, 5.74) is 3.36. The Labute approximate surface area is 143 Å². The van der Waals surface area contributed by atoms with Crippen molar-refractivity contribution in [2.24, 2.45) is 0 Å². The average molecular weight is 324 g/mol. The zero-order valence-electron chi connectivity index (χ0n) is 14.4. The largest absolute Gasteiger partial charge is 0.355 e. The lowest BCUT2D eigenvalue weighted by Gasteiger charge is -2.20.